The van der Waals surface area contributed by atoms with Crippen LogP contribution in [0.4, 0.5) is 0 Å². The molecule has 0 spiro atoms. The third kappa shape index (κ3) is 11.0. The van der Waals surface area contributed by atoms with Gasteiger partial charge in [0.1, 0.15) is 18.1 Å². The van der Waals surface area contributed by atoms with Gasteiger partial charge in [0, 0.05) is 12.2 Å². The van der Waals surface area contributed by atoms with E-state index in [9.17, 15) is 34.2 Å². The maximum Gasteiger partial charge on any atom is 0.326 e. The maximum atomic E-state index is 12.6. The number of primary amides is 1. The number of amides is 4. The van der Waals surface area contributed by atoms with Crippen molar-refractivity contribution < 1.29 is 34.2 Å². The van der Waals surface area contributed by atoms with Gasteiger partial charge < -0.3 is 37.6 Å². The van der Waals surface area contributed by atoms with E-state index in [4.69, 9.17) is 11.5 Å². The van der Waals surface area contributed by atoms with Crippen molar-refractivity contribution in [3.05, 3.63) is 0 Å². The summed E-state index contributed by atoms with van der Waals surface area (Å²) in [4.78, 5) is 59.8. The molecule has 0 saturated heterocycles. The number of carbonyl (C=O) groups is 5. The molecule has 0 aliphatic heterocycles. The molecule has 0 rings (SSSR count). The van der Waals surface area contributed by atoms with E-state index in [1.807, 2.05) is 0 Å². The van der Waals surface area contributed by atoms with E-state index >= 15 is 0 Å². The Morgan fingerprint density at radius 2 is 1.48 bits per heavy atom. The maximum absolute atomic E-state index is 12.6. The Bertz CT molecular complexity index is 659. The molecule has 0 aromatic heterocycles. The number of rotatable bonds is 14. The van der Waals surface area contributed by atoms with Gasteiger partial charge in [0.05, 0.1) is 12.1 Å². The van der Waals surface area contributed by atoms with Crippen LogP contribution in [0.3, 0.4) is 0 Å². The molecular weight excluding hydrogens is 430 g/mol. The Kier molecular flexibility index (Phi) is 12.8. The highest BCUT2D eigenvalue weighted by Crippen LogP contribution is 2.07. The monoisotopic (exact) mass is 463 g/mol. The average molecular weight is 464 g/mol. The van der Waals surface area contributed by atoms with E-state index in [0.717, 1.165) is 0 Å². The number of aliphatic carboxylic acids is 1. The molecule has 31 heavy (non-hydrogen) atoms. The van der Waals surface area contributed by atoms with E-state index in [1.54, 1.807) is 13.8 Å². The van der Waals surface area contributed by atoms with Gasteiger partial charge in [-0.1, -0.05) is 13.8 Å². The van der Waals surface area contributed by atoms with Crippen LogP contribution in [0.2, 0.25) is 0 Å². The van der Waals surface area contributed by atoms with Crippen LogP contribution in [0.1, 0.15) is 40.0 Å². The number of hydrogen-bond donors (Lipinski definition) is 8. The number of carbonyl (C=O) groups excluding carboxylic acids is 4. The minimum absolute atomic E-state index is 0.00392. The van der Waals surface area contributed by atoms with Crippen molar-refractivity contribution >= 4 is 42.2 Å². The minimum Gasteiger partial charge on any atom is -0.480 e. The zero-order valence-corrected chi connectivity index (χ0v) is 18.7. The fourth-order valence-corrected chi connectivity index (χ4v) is 2.70. The zero-order valence-electron chi connectivity index (χ0n) is 17.8. The van der Waals surface area contributed by atoms with Crippen molar-refractivity contribution in [2.45, 2.75) is 70.3 Å². The number of nitrogens with one attached hydrogen (secondary N) is 3. The van der Waals surface area contributed by atoms with Crippen molar-refractivity contribution in [2.75, 3.05) is 5.75 Å². The second-order valence-corrected chi connectivity index (χ2v) is 7.98. The van der Waals surface area contributed by atoms with E-state index in [0.29, 0.717) is 0 Å². The zero-order chi connectivity index (χ0) is 24.3. The molecule has 0 aromatic carbocycles. The number of aliphatic hydroxyl groups is 1. The van der Waals surface area contributed by atoms with Crippen LogP contribution in [-0.2, 0) is 24.0 Å². The summed E-state index contributed by atoms with van der Waals surface area (Å²) in [5.41, 5.74) is 10.7. The van der Waals surface area contributed by atoms with Crippen LogP contribution in [-0.4, -0.2) is 75.8 Å². The summed E-state index contributed by atoms with van der Waals surface area (Å²) >= 11 is 3.89. The number of carboxylic acid groups (broad SMARTS) is 1. The van der Waals surface area contributed by atoms with Crippen LogP contribution < -0.4 is 27.4 Å². The minimum atomic E-state index is -1.45. The highest BCUT2D eigenvalue weighted by molar-refractivity contribution is 7.80. The summed E-state index contributed by atoms with van der Waals surface area (Å²) < 4.78 is 0. The van der Waals surface area contributed by atoms with Crippen LogP contribution >= 0.6 is 12.6 Å². The lowest BCUT2D eigenvalue weighted by molar-refractivity contribution is -0.143. The summed E-state index contributed by atoms with van der Waals surface area (Å²) in [5.74, 6) is -4.53. The largest absolute Gasteiger partial charge is 0.480 e. The smallest absolute Gasteiger partial charge is 0.326 e. The summed E-state index contributed by atoms with van der Waals surface area (Å²) in [5, 5.41) is 26.1. The average Bonchev–Trinajstić information content (AvgIpc) is 2.66. The fraction of sp³-hybridized carbons (Fsp3) is 0.722. The molecule has 9 N–H and O–H groups in total. The third-order valence-corrected chi connectivity index (χ3v) is 4.62. The molecule has 0 saturated carbocycles. The topological polar surface area (TPSA) is 214 Å². The van der Waals surface area contributed by atoms with E-state index in [2.05, 4.69) is 28.6 Å². The van der Waals surface area contributed by atoms with Crippen molar-refractivity contribution in [3.8, 4) is 0 Å². The molecule has 0 bridgehead atoms. The molecule has 4 amide bonds. The van der Waals surface area contributed by atoms with Crippen LogP contribution in [0, 0.1) is 5.92 Å². The van der Waals surface area contributed by atoms with Gasteiger partial charge >= 0.3 is 5.97 Å². The molecular formula is C18H33N5O7S. The SMILES string of the molecule is CC(C)CC(NC(=O)C(CCC(N)=O)NC(=O)C(NC(=O)C(N)CS)C(C)O)C(=O)O. The second kappa shape index (κ2) is 13.8. The summed E-state index contributed by atoms with van der Waals surface area (Å²) in [6, 6.07) is -5.02. The Labute approximate surface area is 186 Å². The van der Waals surface area contributed by atoms with Gasteiger partial charge in [-0.3, -0.25) is 19.2 Å². The Balaban J connectivity index is 5.47. The lowest BCUT2D eigenvalue weighted by Gasteiger charge is -2.26. The summed E-state index contributed by atoms with van der Waals surface area (Å²) in [7, 11) is 0. The van der Waals surface area contributed by atoms with Crippen molar-refractivity contribution in [1.82, 2.24) is 16.0 Å². The number of thiol groups is 1. The third-order valence-electron chi connectivity index (χ3n) is 4.23. The predicted octanol–water partition coefficient (Wildman–Crippen LogP) is -2.53. The first kappa shape index (κ1) is 28.6. The van der Waals surface area contributed by atoms with Crippen molar-refractivity contribution in [1.29, 1.82) is 0 Å². The molecule has 5 atom stereocenters. The molecule has 178 valence electrons. The van der Waals surface area contributed by atoms with Gasteiger partial charge in [-0.05, 0) is 25.7 Å². The Morgan fingerprint density at radius 3 is 1.90 bits per heavy atom. The molecule has 0 radical (unpaired) electrons. The van der Waals surface area contributed by atoms with Gasteiger partial charge in [-0.25, -0.2) is 4.79 Å². The highest BCUT2D eigenvalue weighted by atomic mass is 32.1. The molecule has 5 unspecified atom stereocenters. The first-order valence-corrected chi connectivity index (χ1v) is 10.4. The normalized spacial score (nSPS) is 15.8. The lowest BCUT2D eigenvalue weighted by Crippen LogP contribution is -2.60. The Morgan fingerprint density at radius 1 is 0.935 bits per heavy atom. The van der Waals surface area contributed by atoms with Gasteiger partial charge in [-0.2, -0.15) is 12.6 Å². The standard InChI is InChI=1S/C18H33N5O7S/c1-8(2)6-12(18(29)30)22-16(27)11(4-5-13(20)25)21-17(28)14(9(3)24)23-15(26)10(19)7-31/h8-12,14,24,31H,4-7,19H2,1-3H3,(H2,20,25)(H,21,28)(H,22,27)(H,23,26)(H,29,30). The van der Waals surface area contributed by atoms with Gasteiger partial charge in [0.2, 0.25) is 23.6 Å². The molecule has 0 aromatic rings. The molecule has 0 aliphatic rings. The highest BCUT2D eigenvalue weighted by Gasteiger charge is 2.32. The van der Waals surface area contributed by atoms with Crippen LogP contribution in [0.25, 0.3) is 0 Å². The first-order valence-electron chi connectivity index (χ1n) is 9.76. The molecule has 0 heterocycles. The molecule has 13 heteroatoms. The summed E-state index contributed by atoms with van der Waals surface area (Å²) in [6.45, 7) is 4.80. The van der Waals surface area contributed by atoms with Crippen LogP contribution in [0.5, 0.6) is 0 Å². The van der Waals surface area contributed by atoms with Crippen LogP contribution in [0.15, 0.2) is 0 Å². The number of aliphatic hydroxyl groups excluding tert-OH is 1. The Hall–Kier alpha value is -2.38. The lowest BCUT2D eigenvalue weighted by atomic mass is 10.0. The number of hydrogen-bond acceptors (Lipinski definition) is 8. The number of nitrogens with two attached hydrogens (primary N) is 2. The number of carboxylic acids is 1. The predicted molar refractivity (Wildman–Crippen MR) is 115 cm³/mol. The van der Waals surface area contributed by atoms with Crippen molar-refractivity contribution in [2.24, 2.45) is 17.4 Å². The van der Waals surface area contributed by atoms with Gasteiger partial charge in [0.25, 0.3) is 0 Å². The fourth-order valence-electron chi connectivity index (χ4n) is 2.53. The van der Waals surface area contributed by atoms with E-state index in [-0.39, 0.29) is 30.9 Å². The molecule has 0 fully saturated rings. The van der Waals surface area contributed by atoms with E-state index in [1.165, 1.54) is 6.92 Å². The first-order chi connectivity index (χ1) is 14.3. The quantitative estimate of drug-likeness (QED) is 0.128. The van der Waals surface area contributed by atoms with E-state index < -0.39 is 59.9 Å². The van der Waals surface area contributed by atoms with Gasteiger partial charge in [-0.15, -0.1) is 0 Å². The molecule has 0 aliphatic carbocycles. The summed E-state index contributed by atoms with van der Waals surface area (Å²) in [6.07, 6.45) is -1.68. The van der Waals surface area contributed by atoms with Crippen molar-refractivity contribution in [3.63, 3.8) is 0 Å². The second-order valence-electron chi connectivity index (χ2n) is 7.61. The van der Waals surface area contributed by atoms with Gasteiger partial charge in [0.15, 0.2) is 0 Å². The molecule has 12 nitrogen and oxygen atoms in total.